The Hall–Kier alpha value is -2.35. The quantitative estimate of drug-likeness (QED) is 0.838. The second-order valence-corrected chi connectivity index (χ2v) is 5.10. The summed E-state index contributed by atoms with van der Waals surface area (Å²) in [4.78, 5) is 23.8. The fourth-order valence-corrected chi connectivity index (χ4v) is 2.19. The third-order valence-corrected chi connectivity index (χ3v) is 3.35. The van der Waals surface area contributed by atoms with Gasteiger partial charge in [-0.05, 0) is 13.3 Å². The molecule has 0 aliphatic rings. The first-order valence-corrected chi connectivity index (χ1v) is 7.21. The minimum Gasteiger partial charge on any atom is -0.364 e. The van der Waals surface area contributed by atoms with Gasteiger partial charge < -0.3 is 11.1 Å². The van der Waals surface area contributed by atoms with E-state index in [2.05, 4.69) is 15.5 Å². The Bertz CT molecular complexity index is 693. The van der Waals surface area contributed by atoms with Gasteiger partial charge in [0, 0.05) is 18.9 Å². The van der Waals surface area contributed by atoms with Crippen molar-refractivity contribution in [3.63, 3.8) is 0 Å². The predicted molar refractivity (Wildman–Crippen MR) is 81.6 cm³/mol. The first-order chi connectivity index (χ1) is 10.5. The van der Waals surface area contributed by atoms with Crippen LogP contribution in [0.25, 0.3) is 0 Å². The number of carbonyl (C=O) groups excluding carboxylic acids is 2. The zero-order valence-electron chi connectivity index (χ0n) is 12.3. The van der Waals surface area contributed by atoms with E-state index in [1.165, 1.54) is 15.6 Å². The molecule has 0 saturated carbocycles. The first-order valence-electron chi connectivity index (χ1n) is 6.84. The molecule has 2 aromatic rings. The molecule has 22 heavy (non-hydrogen) atoms. The van der Waals surface area contributed by atoms with Gasteiger partial charge in [0.2, 0.25) is 5.91 Å². The summed E-state index contributed by atoms with van der Waals surface area (Å²) in [6.07, 6.45) is 5.11. The van der Waals surface area contributed by atoms with Crippen LogP contribution in [0.4, 0.5) is 5.69 Å². The molecule has 2 aromatic heterocycles. The molecule has 0 bridgehead atoms. The normalized spacial score (nSPS) is 12.1. The van der Waals surface area contributed by atoms with Crippen molar-refractivity contribution < 1.29 is 9.59 Å². The number of aromatic nitrogens is 4. The van der Waals surface area contributed by atoms with Gasteiger partial charge in [0.15, 0.2) is 5.69 Å². The standard InChI is InChI=1S/C13H17ClN6O2/c1-3-10(20-6-8(14)5-16-20)13(22)17-9-7-19(4-2)18-11(9)12(15)21/h5-7,10H,3-4H2,1-2H3,(H2,15,21)(H,17,22). The Labute approximate surface area is 132 Å². The van der Waals surface area contributed by atoms with Gasteiger partial charge in [0.05, 0.1) is 16.9 Å². The lowest BCUT2D eigenvalue weighted by molar-refractivity contribution is -0.119. The van der Waals surface area contributed by atoms with Gasteiger partial charge in [-0.2, -0.15) is 10.2 Å². The van der Waals surface area contributed by atoms with Crippen LogP contribution in [0.1, 0.15) is 36.8 Å². The van der Waals surface area contributed by atoms with E-state index in [1.807, 2.05) is 13.8 Å². The predicted octanol–water partition coefficient (Wildman–Crippen LogP) is 1.44. The van der Waals surface area contributed by atoms with Crippen LogP contribution in [0.15, 0.2) is 18.6 Å². The summed E-state index contributed by atoms with van der Waals surface area (Å²) in [7, 11) is 0. The first kappa shape index (κ1) is 16.0. The monoisotopic (exact) mass is 324 g/mol. The fraction of sp³-hybridized carbons (Fsp3) is 0.385. The molecule has 0 aromatic carbocycles. The molecular weight excluding hydrogens is 308 g/mol. The summed E-state index contributed by atoms with van der Waals surface area (Å²) in [5, 5.41) is 11.2. The molecule has 2 amide bonds. The van der Waals surface area contributed by atoms with Crippen molar-refractivity contribution in [3.8, 4) is 0 Å². The number of nitrogens with two attached hydrogens (primary N) is 1. The van der Waals surface area contributed by atoms with Crippen molar-refractivity contribution >= 4 is 29.1 Å². The van der Waals surface area contributed by atoms with E-state index in [0.717, 1.165) is 0 Å². The number of carbonyl (C=O) groups is 2. The molecule has 2 heterocycles. The number of anilines is 1. The van der Waals surface area contributed by atoms with Gasteiger partial charge in [0.1, 0.15) is 6.04 Å². The highest BCUT2D eigenvalue weighted by Crippen LogP contribution is 2.19. The average Bonchev–Trinajstić information content (AvgIpc) is 3.06. The molecule has 0 saturated heterocycles. The van der Waals surface area contributed by atoms with E-state index in [1.54, 1.807) is 12.4 Å². The van der Waals surface area contributed by atoms with Gasteiger partial charge in [-0.3, -0.25) is 19.0 Å². The van der Waals surface area contributed by atoms with E-state index in [0.29, 0.717) is 18.0 Å². The van der Waals surface area contributed by atoms with Crippen LogP contribution in [-0.2, 0) is 11.3 Å². The maximum absolute atomic E-state index is 12.4. The fourth-order valence-electron chi connectivity index (χ4n) is 2.05. The van der Waals surface area contributed by atoms with Crippen LogP contribution in [0.2, 0.25) is 5.02 Å². The second kappa shape index (κ2) is 6.61. The van der Waals surface area contributed by atoms with Crippen LogP contribution < -0.4 is 11.1 Å². The van der Waals surface area contributed by atoms with Gasteiger partial charge >= 0.3 is 0 Å². The average molecular weight is 325 g/mol. The number of primary amides is 1. The lowest BCUT2D eigenvalue weighted by Gasteiger charge is -2.15. The molecule has 0 radical (unpaired) electrons. The van der Waals surface area contributed by atoms with E-state index >= 15 is 0 Å². The molecule has 0 aliphatic carbocycles. The molecular formula is C13H17ClN6O2. The molecule has 0 fully saturated rings. The summed E-state index contributed by atoms with van der Waals surface area (Å²) in [6, 6.07) is -0.543. The molecule has 0 aliphatic heterocycles. The van der Waals surface area contributed by atoms with E-state index in [-0.39, 0.29) is 17.3 Å². The number of halogens is 1. The number of hydrogen-bond donors (Lipinski definition) is 2. The van der Waals surface area contributed by atoms with Crippen molar-refractivity contribution in [1.29, 1.82) is 0 Å². The SMILES string of the molecule is CCC(C(=O)Nc1cn(CC)nc1C(N)=O)n1cc(Cl)cn1. The highest BCUT2D eigenvalue weighted by atomic mass is 35.5. The molecule has 0 spiro atoms. The molecule has 1 unspecified atom stereocenters. The Balaban J connectivity index is 2.23. The zero-order valence-corrected chi connectivity index (χ0v) is 13.0. The van der Waals surface area contributed by atoms with Crippen molar-refractivity contribution in [2.45, 2.75) is 32.9 Å². The molecule has 1 atom stereocenters. The van der Waals surface area contributed by atoms with Crippen LogP contribution in [0.3, 0.4) is 0 Å². The van der Waals surface area contributed by atoms with Crippen LogP contribution in [0, 0.1) is 0 Å². The number of nitrogens with one attached hydrogen (secondary N) is 1. The Morgan fingerprint density at radius 2 is 2.14 bits per heavy atom. The largest absolute Gasteiger partial charge is 0.364 e. The summed E-state index contributed by atoms with van der Waals surface area (Å²) < 4.78 is 3.01. The van der Waals surface area contributed by atoms with Crippen molar-refractivity contribution in [2.75, 3.05) is 5.32 Å². The van der Waals surface area contributed by atoms with Crippen molar-refractivity contribution in [1.82, 2.24) is 19.6 Å². The third kappa shape index (κ3) is 3.28. The minimum atomic E-state index is -0.697. The van der Waals surface area contributed by atoms with Gasteiger partial charge in [-0.15, -0.1) is 0 Å². The maximum atomic E-state index is 12.4. The molecule has 8 nitrogen and oxygen atoms in total. The number of amides is 2. The van der Waals surface area contributed by atoms with E-state index in [4.69, 9.17) is 17.3 Å². The highest BCUT2D eigenvalue weighted by Gasteiger charge is 2.23. The van der Waals surface area contributed by atoms with Gasteiger partial charge in [-0.25, -0.2) is 0 Å². The highest BCUT2D eigenvalue weighted by molar-refractivity contribution is 6.30. The lowest BCUT2D eigenvalue weighted by atomic mass is 10.2. The number of rotatable bonds is 6. The van der Waals surface area contributed by atoms with Crippen LogP contribution in [0.5, 0.6) is 0 Å². The zero-order chi connectivity index (χ0) is 16.3. The van der Waals surface area contributed by atoms with E-state index in [9.17, 15) is 9.59 Å². The minimum absolute atomic E-state index is 0.0311. The number of aryl methyl sites for hydroxylation is 1. The topological polar surface area (TPSA) is 108 Å². The van der Waals surface area contributed by atoms with Crippen LogP contribution in [-0.4, -0.2) is 31.4 Å². The van der Waals surface area contributed by atoms with Gasteiger partial charge in [0.25, 0.3) is 5.91 Å². The third-order valence-electron chi connectivity index (χ3n) is 3.16. The summed E-state index contributed by atoms with van der Waals surface area (Å²) in [6.45, 7) is 4.27. The Kier molecular flexibility index (Phi) is 4.81. The summed E-state index contributed by atoms with van der Waals surface area (Å²) in [5.74, 6) is -1.02. The maximum Gasteiger partial charge on any atom is 0.271 e. The Morgan fingerprint density at radius 1 is 1.41 bits per heavy atom. The molecule has 118 valence electrons. The second-order valence-electron chi connectivity index (χ2n) is 4.66. The van der Waals surface area contributed by atoms with Crippen LogP contribution >= 0.6 is 11.6 Å². The molecule has 2 rings (SSSR count). The summed E-state index contributed by atoms with van der Waals surface area (Å²) >= 11 is 5.83. The van der Waals surface area contributed by atoms with Crippen molar-refractivity contribution in [2.24, 2.45) is 5.73 Å². The van der Waals surface area contributed by atoms with Crippen molar-refractivity contribution in [3.05, 3.63) is 29.3 Å². The Morgan fingerprint density at radius 3 is 2.64 bits per heavy atom. The smallest absolute Gasteiger partial charge is 0.271 e. The summed E-state index contributed by atoms with van der Waals surface area (Å²) in [5.41, 5.74) is 5.60. The van der Waals surface area contributed by atoms with Gasteiger partial charge in [-0.1, -0.05) is 18.5 Å². The molecule has 9 heteroatoms. The lowest BCUT2D eigenvalue weighted by Crippen LogP contribution is -2.27. The number of nitrogens with zero attached hydrogens (tertiary/aromatic N) is 4. The number of hydrogen-bond acceptors (Lipinski definition) is 4. The van der Waals surface area contributed by atoms with E-state index < -0.39 is 11.9 Å². The molecule has 3 N–H and O–H groups in total.